The Morgan fingerprint density at radius 1 is 1.30 bits per heavy atom. The molecule has 0 bridgehead atoms. The summed E-state index contributed by atoms with van der Waals surface area (Å²) in [6.45, 7) is 3.29. The largest absolute Gasteiger partial charge is 0.480 e. The van der Waals surface area contributed by atoms with Crippen LogP contribution in [0.1, 0.15) is 21.5 Å². The molecule has 2 rings (SSSR count). The third-order valence-corrected chi connectivity index (χ3v) is 3.42. The molecule has 1 atom stereocenters. The number of carboxylic acid groups (broad SMARTS) is 1. The van der Waals surface area contributed by atoms with Gasteiger partial charge < -0.3 is 15.3 Å². The summed E-state index contributed by atoms with van der Waals surface area (Å²) >= 11 is 0. The highest BCUT2D eigenvalue weighted by molar-refractivity contribution is 6.01. The summed E-state index contributed by atoms with van der Waals surface area (Å²) in [5, 5.41) is 11.6. The average molecular weight is 276 g/mol. The van der Waals surface area contributed by atoms with E-state index in [1.165, 1.54) is 0 Å². The molecule has 1 fully saturated rings. The van der Waals surface area contributed by atoms with Gasteiger partial charge in [0.15, 0.2) is 0 Å². The smallest absolute Gasteiger partial charge is 0.328 e. The van der Waals surface area contributed by atoms with Crippen LogP contribution in [0.2, 0.25) is 0 Å². The van der Waals surface area contributed by atoms with Crippen molar-refractivity contribution in [3.63, 3.8) is 0 Å². The van der Waals surface area contributed by atoms with Crippen LogP contribution in [0.15, 0.2) is 18.2 Å². The minimum absolute atomic E-state index is 0.0646. The number of nitrogens with zero attached hydrogens (tertiary/aromatic N) is 1. The minimum Gasteiger partial charge on any atom is -0.480 e. The molecule has 0 saturated carbocycles. The van der Waals surface area contributed by atoms with Gasteiger partial charge in [0.05, 0.1) is 0 Å². The Morgan fingerprint density at radius 2 is 1.90 bits per heavy atom. The molecule has 6 heteroatoms. The Hall–Kier alpha value is -2.37. The first-order valence-corrected chi connectivity index (χ1v) is 6.28. The molecule has 0 spiro atoms. The molecule has 0 aliphatic carbocycles. The van der Waals surface area contributed by atoms with Gasteiger partial charge in [-0.1, -0.05) is 18.2 Å². The number of carbonyl (C=O) groups excluding carboxylic acids is 2. The molecule has 20 heavy (non-hydrogen) atoms. The van der Waals surface area contributed by atoms with Crippen LogP contribution in [0, 0.1) is 13.8 Å². The van der Waals surface area contributed by atoms with Gasteiger partial charge in [0.25, 0.3) is 5.91 Å². The fourth-order valence-electron chi connectivity index (χ4n) is 2.37. The SMILES string of the molecule is Cc1cccc(C)c1C(=O)N1CC(=O)NCC1C(=O)O. The summed E-state index contributed by atoms with van der Waals surface area (Å²) in [6, 6.07) is 4.39. The summed E-state index contributed by atoms with van der Waals surface area (Å²) in [4.78, 5) is 36.4. The topological polar surface area (TPSA) is 86.7 Å². The molecule has 1 aliphatic heterocycles. The monoisotopic (exact) mass is 276 g/mol. The second-order valence-electron chi connectivity index (χ2n) is 4.86. The van der Waals surface area contributed by atoms with Crippen molar-refractivity contribution in [1.82, 2.24) is 10.2 Å². The van der Waals surface area contributed by atoms with Gasteiger partial charge in [0, 0.05) is 12.1 Å². The standard InChI is InChI=1S/C14H16N2O4/c1-8-4-3-5-9(2)12(8)13(18)16-7-11(17)15-6-10(16)14(19)20/h3-5,10H,6-7H2,1-2H3,(H,15,17)(H,19,20). The molecule has 106 valence electrons. The van der Waals surface area contributed by atoms with Crippen molar-refractivity contribution in [2.45, 2.75) is 19.9 Å². The van der Waals surface area contributed by atoms with Crippen molar-refractivity contribution < 1.29 is 19.5 Å². The first-order valence-electron chi connectivity index (χ1n) is 6.28. The van der Waals surface area contributed by atoms with E-state index in [1.807, 2.05) is 6.07 Å². The zero-order valence-corrected chi connectivity index (χ0v) is 11.3. The Labute approximate surface area is 116 Å². The van der Waals surface area contributed by atoms with E-state index in [0.29, 0.717) is 5.56 Å². The summed E-state index contributed by atoms with van der Waals surface area (Å²) in [5.74, 6) is -1.88. The van der Waals surface area contributed by atoms with Gasteiger partial charge in [-0.25, -0.2) is 4.79 Å². The predicted octanol–water partition coefficient (Wildman–Crippen LogP) is 0.329. The van der Waals surface area contributed by atoms with Crippen molar-refractivity contribution in [1.29, 1.82) is 0 Å². The molecule has 1 saturated heterocycles. The molecule has 6 nitrogen and oxygen atoms in total. The number of hydrogen-bond donors (Lipinski definition) is 2. The molecule has 1 aromatic rings. The molecular weight excluding hydrogens is 260 g/mol. The third-order valence-electron chi connectivity index (χ3n) is 3.42. The molecule has 2 amide bonds. The van der Waals surface area contributed by atoms with Crippen molar-refractivity contribution in [3.05, 3.63) is 34.9 Å². The summed E-state index contributed by atoms with van der Waals surface area (Å²) in [6.07, 6.45) is 0. The number of piperazine rings is 1. The van der Waals surface area contributed by atoms with Crippen molar-refractivity contribution in [3.8, 4) is 0 Å². The average Bonchev–Trinajstić information content (AvgIpc) is 2.37. The Bertz CT molecular complexity index is 562. The van der Waals surface area contributed by atoms with E-state index in [-0.39, 0.29) is 19.0 Å². The maximum absolute atomic E-state index is 12.6. The number of carboxylic acids is 1. The minimum atomic E-state index is -1.12. The van der Waals surface area contributed by atoms with E-state index in [2.05, 4.69) is 5.32 Å². The fraction of sp³-hybridized carbons (Fsp3) is 0.357. The number of rotatable bonds is 2. The summed E-state index contributed by atoms with van der Waals surface area (Å²) in [5.41, 5.74) is 2.00. The van der Waals surface area contributed by atoms with Crippen LogP contribution in [0.5, 0.6) is 0 Å². The number of amides is 2. The Kier molecular flexibility index (Phi) is 3.74. The quantitative estimate of drug-likeness (QED) is 0.815. The molecular formula is C14H16N2O4. The Balaban J connectivity index is 2.39. The number of hydrogen-bond acceptors (Lipinski definition) is 3. The predicted molar refractivity (Wildman–Crippen MR) is 71.4 cm³/mol. The maximum atomic E-state index is 12.6. The molecule has 1 aliphatic rings. The van der Waals surface area contributed by atoms with E-state index < -0.39 is 17.9 Å². The van der Waals surface area contributed by atoms with Crippen molar-refractivity contribution in [2.75, 3.05) is 13.1 Å². The zero-order valence-electron chi connectivity index (χ0n) is 11.3. The van der Waals surface area contributed by atoms with Gasteiger partial charge in [0.2, 0.25) is 5.91 Å². The summed E-state index contributed by atoms with van der Waals surface area (Å²) in [7, 11) is 0. The molecule has 1 heterocycles. The fourth-order valence-corrected chi connectivity index (χ4v) is 2.37. The molecule has 1 aromatic carbocycles. The van der Waals surface area contributed by atoms with Crippen LogP contribution < -0.4 is 5.32 Å². The lowest BCUT2D eigenvalue weighted by Gasteiger charge is -2.33. The number of nitrogens with one attached hydrogen (secondary N) is 1. The van der Waals surface area contributed by atoms with E-state index in [0.717, 1.165) is 16.0 Å². The molecule has 0 radical (unpaired) electrons. The molecule has 1 unspecified atom stereocenters. The van der Waals surface area contributed by atoms with Gasteiger partial charge in [-0.3, -0.25) is 9.59 Å². The van der Waals surface area contributed by atoms with Crippen molar-refractivity contribution in [2.24, 2.45) is 0 Å². The first-order chi connectivity index (χ1) is 9.41. The van der Waals surface area contributed by atoms with Crippen LogP contribution in [0.4, 0.5) is 0 Å². The second-order valence-corrected chi connectivity index (χ2v) is 4.86. The van der Waals surface area contributed by atoms with Gasteiger partial charge >= 0.3 is 5.97 Å². The zero-order chi connectivity index (χ0) is 14.9. The van der Waals surface area contributed by atoms with Crippen LogP contribution in [0.25, 0.3) is 0 Å². The van der Waals surface area contributed by atoms with Gasteiger partial charge in [-0.05, 0) is 25.0 Å². The van der Waals surface area contributed by atoms with Crippen LogP contribution in [-0.2, 0) is 9.59 Å². The van der Waals surface area contributed by atoms with Gasteiger partial charge in [0.1, 0.15) is 12.6 Å². The van der Waals surface area contributed by atoms with E-state index in [4.69, 9.17) is 0 Å². The van der Waals surface area contributed by atoms with E-state index in [9.17, 15) is 19.5 Å². The second kappa shape index (κ2) is 5.32. The molecule has 2 N–H and O–H groups in total. The lowest BCUT2D eigenvalue weighted by atomic mass is 10.0. The van der Waals surface area contributed by atoms with E-state index >= 15 is 0 Å². The van der Waals surface area contributed by atoms with Crippen LogP contribution in [0.3, 0.4) is 0 Å². The highest BCUT2D eigenvalue weighted by Gasteiger charge is 2.36. The van der Waals surface area contributed by atoms with Crippen molar-refractivity contribution >= 4 is 17.8 Å². The van der Waals surface area contributed by atoms with Gasteiger partial charge in [-0.2, -0.15) is 0 Å². The number of benzene rings is 1. The summed E-state index contributed by atoms with van der Waals surface area (Å²) < 4.78 is 0. The number of carbonyl (C=O) groups is 3. The van der Waals surface area contributed by atoms with E-state index in [1.54, 1.807) is 26.0 Å². The number of aryl methyl sites for hydroxylation is 2. The highest BCUT2D eigenvalue weighted by Crippen LogP contribution is 2.18. The normalized spacial score (nSPS) is 18.6. The molecule has 0 aromatic heterocycles. The Morgan fingerprint density at radius 3 is 2.45 bits per heavy atom. The van der Waals surface area contributed by atoms with Crippen LogP contribution in [-0.4, -0.2) is 46.9 Å². The lowest BCUT2D eigenvalue weighted by molar-refractivity contribution is -0.144. The van der Waals surface area contributed by atoms with Gasteiger partial charge in [-0.15, -0.1) is 0 Å². The first kappa shape index (κ1) is 14.0. The lowest BCUT2D eigenvalue weighted by Crippen LogP contribution is -2.59. The van der Waals surface area contributed by atoms with Crippen LogP contribution >= 0.6 is 0 Å². The maximum Gasteiger partial charge on any atom is 0.328 e. The highest BCUT2D eigenvalue weighted by atomic mass is 16.4. The number of aliphatic carboxylic acids is 1. The third kappa shape index (κ3) is 2.49.